The summed E-state index contributed by atoms with van der Waals surface area (Å²) in [5, 5.41) is 5.51. The lowest BCUT2D eigenvalue weighted by atomic mass is 10.2. The number of ether oxygens (including phenoxy) is 1. The molecule has 0 N–H and O–H groups in total. The van der Waals surface area contributed by atoms with Crippen molar-refractivity contribution in [2.75, 3.05) is 0 Å². The minimum Gasteiger partial charge on any atom is -0.452 e. The van der Waals surface area contributed by atoms with E-state index < -0.39 is 5.72 Å². The van der Waals surface area contributed by atoms with Crippen molar-refractivity contribution in [1.82, 2.24) is 5.01 Å². The van der Waals surface area contributed by atoms with Gasteiger partial charge in [-0.05, 0) is 6.92 Å². The lowest BCUT2D eigenvalue weighted by Gasteiger charge is -2.29. The Morgan fingerprint density at radius 1 is 1.62 bits per heavy atom. The Kier molecular flexibility index (Phi) is 2.59. The lowest BCUT2D eigenvalue weighted by molar-refractivity contribution is -0.147. The Morgan fingerprint density at radius 2 is 2.23 bits per heavy atom. The highest BCUT2D eigenvalue weighted by atomic mass is 16.5. The van der Waals surface area contributed by atoms with Crippen LogP contribution in [0.2, 0.25) is 0 Å². The predicted octanol–water partition coefficient (Wildman–Crippen LogP) is 1.71. The van der Waals surface area contributed by atoms with Crippen LogP contribution in [0.1, 0.15) is 40.5 Å². The first-order valence-corrected chi connectivity index (χ1v) is 4.60. The molecule has 0 saturated heterocycles. The minimum absolute atomic E-state index is 0.00111. The lowest BCUT2D eigenvalue weighted by Crippen LogP contribution is -2.44. The standard InChI is InChI=1S/C9H16N2O2/c1-5-8(12)11-9(4,6-2)13-7(3)10-11/h5-6H2,1-4H3. The number of nitrogens with zero attached hydrogens (tertiary/aromatic N) is 2. The number of hydrazone groups is 1. The van der Waals surface area contributed by atoms with Crippen molar-refractivity contribution in [3.05, 3.63) is 0 Å². The Bertz CT molecular complexity index is 250. The molecule has 0 aromatic rings. The maximum absolute atomic E-state index is 11.5. The maximum Gasteiger partial charge on any atom is 0.246 e. The van der Waals surface area contributed by atoms with Crippen LogP contribution in [0.3, 0.4) is 0 Å². The summed E-state index contributed by atoms with van der Waals surface area (Å²) in [7, 11) is 0. The first-order chi connectivity index (χ1) is 6.03. The van der Waals surface area contributed by atoms with Crippen molar-refractivity contribution in [2.45, 2.75) is 46.3 Å². The largest absolute Gasteiger partial charge is 0.452 e. The monoisotopic (exact) mass is 184 g/mol. The second kappa shape index (κ2) is 3.36. The van der Waals surface area contributed by atoms with Crippen LogP contribution in [0.5, 0.6) is 0 Å². The SMILES string of the molecule is CCC(=O)N1N=C(C)OC1(C)CC. The average Bonchev–Trinajstić information content (AvgIpc) is 2.41. The summed E-state index contributed by atoms with van der Waals surface area (Å²) in [6.45, 7) is 7.43. The molecule has 0 bridgehead atoms. The molecule has 4 heteroatoms. The summed E-state index contributed by atoms with van der Waals surface area (Å²) < 4.78 is 5.49. The zero-order valence-electron chi connectivity index (χ0n) is 8.63. The molecule has 74 valence electrons. The third kappa shape index (κ3) is 1.66. The van der Waals surface area contributed by atoms with E-state index in [1.54, 1.807) is 6.92 Å². The van der Waals surface area contributed by atoms with Crippen molar-refractivity contribution in [2.24, 2.45) is 5.10 Å². The van der Waals surface area contributed by atoms with Crippen molar-refractivity contribution >= 4 is 11.8 Å². The average molecular weight is 184 g/mol. The molecule has 1 aliphatic rings. The summed E-state index contributed by atoms with van der Waals surface area (Å²) in [5.41, 5.74) is -0.572. The van der Waals surface area contributed by atoms with Gasteiger partial charge in [0.15, 0.2) is 0 Å². The molecular formula is C9H16N2O2. The number of carbonyl (C=O) groups excluding carboxylic acids is 1. The van der Waals surface area contributed by atoms with Gasteiger partial charge >= 0.3 is 0 Å². The molecule has 1 unspecified atom stereocenters. The van der Waals surface area contributed by atoms with Crippen LogP contribution in [-0.2, 0) is 9.53 Å². The van der Waals surface area contributed by atoms with Crippen LogP contribution in [0.4, 0.5) is 0 Å². The number of amides is 1. The number of rotatable bonds is 2. The van der Waals surface area contributed by atoms with Crippen LogP contribution in [0.25, 0.3) is 0 Å². The normalized spacial score (nSPS) is 27.1. The van der Waals surface area contributed by atoms with Crippen LogP contribution in [0.15, 0.2) is 5.10 Å². The van der Waals surface area contributed by atoms with Gasteiger partial charge in [-0.25, -0.2) is 0 Å². The highest BCUT2D eigenvalue weighted by molar-refractivity contribution is 5.82. The van der Waals surface area contributed by atoms with Gasteiger partial charge in [0.1, 0.15) is 0 Å². The van der Waals surface area contributed by atoms with E-state index >= 15 is 0 Å². The Morgan fingerprint density at radius 3 is 2.69 bits per heavy atom. The third-order valence-electron chi connectivity index (χ3n) is 2.25. The molecular weight excluding hydrogens is 168 g/mol. The van der Waals surface area contributed by atoms with E-state index in [4.69, 9.17) is 4.74 Å². The van der Waals surface area contributed by atoms with E-state index in [1.807, 2.05) is 20.8 Å². The fourth-order valence-electron chi connectivity index (χ4n) is 1.32. The zero-order chi connectivity index (χ0) is 10.1. The van der Waals surface area contributed by atoms with Gasteiger partial charge in [0.25, 0.3) is 0 Å². The molecule has 13 heavy (non-hydrogen) atoms. The molecule has 1 atom stereocenters. The fraction of sp³-hybridized carbons (Fsp3) is 0.778. The van der Waals surface area contributed by atoms with Gasteiger partial charge in [0.05, 0.1) is 0 Å². The van der Waals surface area contributed by atoms with Crippen molar-refractivity contribution in [3.8, 4) is 0 Å². The Balaban J connectivity index is 2.86. The van der Waals surface area contributed by atoms with Gasteiger partial charge < -0.3 is 4.74 Å². The van der Waals surface area contributed by atoms with E-state index in [9.17, 15) is 4.79 Å². The number of hydrogen-bond donors (Lipinski definition) is 0. The molecule has 1 heterocycles. The molecule has 0 aliphatic carbocycles. The van der Waals surface area contributed by atoms with Gasteiger partial charge in [-0.3, -0.25) is 4.79 Å². The predicted molar refractivity (Wildman–Crippen MR) is 50.0 cm³/mol. The van der Waals surface area contributed by atoms with E-state index in [0.717, 1.165) is 6.42 Å². The van der Waals surface area contributed by atoms with E-state index in [-0.39, 0.29) is 5.91 Å². The highest BCUT2D eigenvalue weighted by Crippen LogP contribution is 2.27. The van der Waals surface area contributed by atoms with Crippen LogP contribution >= 0.6 is 0 Å². The molecule has 0 saturated carbocycles. The summed E-state index contributed by atoms with van der Waals surface area (Å²) >= 11 is 0. The molecule has 4 nitrogen and oxygen atoms in total. The molecule has 0 fully saturated rings. The second-order valence-corrected chi connectivity index (χ2v) is 3.31. The van der Waals surface area contributed by atoms with E-state index in [2.05, 4.69) is 5.10 Å². The zero-order valence-corrected chi connectivity index (χ0v) is 8.63. The number of carbonyl (C=O) groups is 1. The minimum atomic E-state index is -0.572. The summed E-state index contributed by atoms with van der Waals surface area (Å²) in [4.78, 5) is 11.5. The van der Waals surface area contributed by atoms with Crippen molar-refractivity contribution in [1.29, 1.82) is 0 Å². The van der Waals surface area contributed by atoms with E-state index in [0.29, 0.717) is 12.3 Å². The summed E-state index contributed by atoms with van der Waals surface area (Å²) in [6, 6.07) is 0. The first-order valence-electron chi connectivity index (χ1n) is 4.60. The van der Waals surface area contributed by atoms with Gasteiger partial charge in [0.2, 0.25) is 17.5 Å². The molecule has 0 aromatic heterocycles. The van der Waals surface area contributed by atoms with Crippen molar-refractivity contribution < 1.29 is 9.53 Å². The first kappa shape index (κ1) is 10.0. The Hall–Kier alpha value is -1.06. The van der Waals surface area contributed by atoms with Crippen LogP contribution in [0, 0.1) is 0 Å². The molecule has 1 amide bonds. The topological polar surface area (TPSA) is 41.9 Å². The second-order valence-electron chi connectivity index (χ2n) is 3.31. The quantitative estimate of drug-likeness (QED) is 0.655. The van der Waals surface area contributed by atoms with Gasteiger partial charge in [-0.1, -0.05) is 13.8 Å². The smallest absolute Gasteiger partial charge is 0.246 e. The molecule has 0 spiro atoms. The van der Waals surface area contributed by atoms with Gasteiger partial charge in [0, 0.05) is 19.8 Å². The number of hydrogen-bond acceptors (Lipinski definition) is 3. The van der Waals surface area contributed by atoms with E-state index in [1.165, 1.54) is 5.01 Å². The maximum atomic E-state index is 11.5. The van der Waals surface area contributed by atoms with Crippen LogP contribution < -0.4 is 0 Å². The summed E-state index contributed by atoms with van der Waals surface area (Å²) in [5.74, 6) is 0.562. The molecule has 0 radical (unpaired) electrons. The fourth-order valence-corrected chi connectivity index (χ4v) is 1.32. The van der Waals surface area contributed by atoms with Gasteiger partial charge in [-0.15, -0.1) is 5.10 Å². The molecule has 1 aliphatic heterocycles. The Labute approximate surface area is 78.6 Å². The van der Waals surface area contributed by atoms with Crippen molar-refractivity contribution in [3.63, 3.8) is 0 Å². The highest BCUT2D eigenvalue weighted by Gasteiger charge is 2.40. The van der Waals surface area contributed by atoms with Gasteiger partial charge in [-0.2, -0.15) is 5.01 Å². The molecule has 0 aromatic carbocycles. The molecule has 1 rings (SSSR count). The summed E-state index contributed by atoms with van der Waals surface area (Å²) in [6.07, 6.45) is 1.19. The van der Waals surface area contributed by atoms with Crippen LogP contribution in [-0.4, -0.2) is 22.5 Å². The third-order valence-corrected chi connectivity index (χ3v) is 2.25.